The zero-order chi connectivity index (χ0) is 11.4. The largest absolute Gasteiger partial charge is 0.350 e. The fourth-order valence-electron chi connectivity index (χ4n) is 1.60. The highest BCUT2D eigenvalue weighted by molar-refractivity contribution is 5.29. The van der Waals surface area contributed by atoms with Gasteiger partial charge in [0, 0.05) is 18.9 Å². The summed E-state index contributed by atoms with van der Waals surface area (Å²) in [5.41, 5.74) is 2.05. The highest BCUT2D eigenvalue weighted by Crippen LogP contribution is 2.09. The number of hydrogen-bond acceptors (Lipinski definition) is 3. The molecule has 0 spiro atoms. The van der Waals surface area contributed by atoms with Gasteiger partial charge in [0.2, 0.25) is 5.95 Å². The molecule has 4 heteroatoms. The maximum absolute atomic E-state index is 4.42. The molecular weight excluding hydrogens is 200 g/mol. The molecule has 2 rings (SSSR count). The van der Waals surface area contributed by atoms with Gasteiger partial charge in [0.15, 0.2) is 0 Å². The fraction of sp³-hybridized carbons (Fsp3) is 0.333. The van der Waals surface area contributed by atoms with Crippen molar-refractivity contribution < 1.29 is 0 Å². The van der Waals surface area contributed by atoms with Crippen molar-refractivity contribution in [3.8, 4) is 0 Å². The van der Waals surface area contributed by atoms with E-state index >= 15 is 0 Å². The van der Waals surface area contributed by atoms with Crippen molar-refractivity contribution in [3.63, 3.8) is 0 Å². The number of hydrogen-bond donors (Lipinski definition) is 1. The molecule has 0 saturated heterocycles. The van der Waals surface area contributed by atoms with Gasteiger partial charge < -0.3 is 9.88 Å². The van der Waals surface area contributed by atoms with Crippen LogP contribution in [0.3, 0.4) is 0 Å². The first kappa shape index (κ1) is 10.7. The summed E-state index contributed by atoms with van der Waals surface area (Å²) in [5.74, 6) is 0.908. The molecule has 0 aromatic carbocycles. The number of nitrogens with zero attached hydrogens (tertiary/aromatic N) is 3. The smallest absolute Gasteiger partial charge is 0.203 e. The van der Waals surface area contributed by atoms with E-state index in [-0.39, 0.29) is 0 Å². The van der Waals surface area contributed by atoms with E-state index in [9.17, 15) is 0 Å². The molecule has 1 N–H and O–H groups in total. The monoisotopic (exact) mass is 216 g/mol. The standard InChI is InChI=1S/C12H16N4/c1-3-16-9-10(2)15-12(16)14-8-11-6-4-5-7-13-11/h4-7,9H,3,8H2,1-2H3,(H,14,15). The summed E-state index contributed by atoms with van der Waals surface area (Å²) in [5, 5.41) is 3.29. The lowest BCUT2D eigenvalue weighted by Crippen LogP contribution is -2.07. The molecule has 0 fully saturated rings. The number of aromatic nitrogens is 3. The molecule has 16 heavy (non-hydrogen) atoms. The number of anilines is 1. The van der Waals surface area contributed by atoms with Crippen LogP contribution in [0.15, 0.2) is 30.6 Å². The number of imidazole rings is 1. The minimum atomic E-state index is 0.706. The number of nitrogens with one attached hydrogen (secondary N) is 1. The third-order valence-corrected chi connectivity index (χ3v) is 2.39. The van der Waals surface area contributed by atoms with E-state index in [0.29, 0.717) is 6.54 Å². The van der Waals surface area contributed by atoms with Crippen LogP contribution in [-0.2, 0) is 13.1 Å². The summed E-state index contributed by atoms with van der Waals surface area (Å²) in [6, 6.07) is 5.90. The van der Waals surface area contributed by atoms with Crippen LogP contribution < -0.4 is 5.32 Å². The number of pyridine rings is 1. The third kappa shape index (κ3) is 2.39. The van der Waals surface area contributed by atoms with Crippen LogP contribution in [-0.4, -0.2) is 14.5 Å². The lowest BCUT2D eigenvalue weighted by molar-refractivity contribution is 0.761. The van der Waals surface area contributed by atoms with E-state index < -0.39 is 0 Å². The molecule has 0 aliphatic heterocycles. The van der Waals surface area contributed by atoms with Gasteiger partial charge >= 0.3 is 0 Å². The molecule has 0 amide bonds. The molecule has 2 aromatic rings. The molecule has 0 radical (unpaired) electrons. The van der Waals surface area contributed by atoms with E-state index in [2.05, 4.69) is 26.8 Å². The normalized spacial score (nSPS) is 10.4. The first-order chi connectivity index (χ1) is 7.79. The molecule has 0 aliphatic carbocycles. The Morgan fingerprint density at radius 2 is 2.25 bits per heavy atom. The highest BCUT2D eigenvalue weighted by Gasteiger charge is 2.03. The highest BCUT2D eigenvalue weighted by atomic mass is 15.2. The maximum Gasteiger partial charge on any atom is 0.203 e. The summed E-state index contributed by atoms with van der Waals surface area (Å²) in [6.07, 6.45) is 3.84. The lowest BCUT2D eigenvalue weighted by Gasteiger charge is -2.06. The van der Waals surface area contributed by atoms with Crippen LogP contribution in [0.1, 0.15) is 18.3 Å². The van der Waals surface area contributed by atoms with Gasteiger partial charge in [0.1, 0.15) is 0 Å². The first-order valence-electron chi connectivity index (χ1n) is 5.47. The molecule has 2 aromatic heterocycles. The van der Waals surface area contributed by atoms with Crippen molar-refractivity contribution in [1.82, 2.24) is 14.5 Å². The van der Waals surface area contributed by atoms with Gasteiger partial charge in [0.25, 0.3) is 0 Å². The van der Waals surface area contributed by atoms with Crippen LogP contribution in [0.2, 0.25) is 0 Å². The fourth-order valence-corrected chi connectivity index (χ4v) is 1.60. The Labute approximate surface area is 95.4 Å². The van der Waals surface area contributed by atoms with Gasteiger partial charge in [-0.25, -0.2) is 4.98 Å². The second kappa shape index (κ2) is 4.79. The van der Waals surface area contributed by atoms with Crippen molar-refractivity contribution in [2.45, 2.75) is 26.9 Å². The van der Waals surface area contributed by atoms with Crippen molar-refractivity contribution in [1.29, 1.82) is 0 Å². The van der Waals surface area contributed by atoms with Crippen LogP contribution in [0.4, 0.5) is 5.95 Å². The van der Waals surface area contributed by atoms with Crippen LogP contribution >= 0.6 is 0 Å². The van der Waals surface area contributed by atoms with Crippen LogP contribution in [0.5, 0.6) is 0 Å². The molecule has 4 nitrogen and oxygen atoms in total. The zero-order valence-corrected chi connectivity index (χ0v) is 9.64. The average Bonchev–Trinajstić information content (AvgIpc) is 2.68. The van der Waals surface area contributed by atoms with Crippen LogP contribution in [0, 0.1) is 6.92 Å². The summed E-state index contributed by atoms with van der Waals surface area (Å²) < 4.78 is 2.10. The summed E-state index contributed by atoms with van der Waals surface area (Å²) in [6.45, 7) is 5.73. The van der Waals surface area contributed by atoms with E-state index in [1.165, 1.54) is 0 Å². The predicted octanol–water partition coefficient (Wildman–Crippen LogP) is 2.22. The van der Waals surface area contributed by atoms with Gasteiger partial charge in [0.05, 0.1) is 17.9 Å². The van der Waals surface area contributed by atoms with Crippen molar-refractivity contribution >= 4 is 5.95 Å². The van der Waals surface area contributed by atoms with Gasteiger partial charge in [-0.05, 0) is 26.0 Å². The van der Waals surface area contributed by atoms with E-state index in [4.69, 9.17) is 0 Å². The topological polar surface area (TPSA) is 42.7 Å². The molecular formula is C12H16N4. The average molecular weight is 216 g/mol. The summed E-state index contributed by atoms with van der Waals surface area (Å²) in [7, 11) is 0. The summed E-state index contributed by atoms with van der Waals surface area (Å²) >= 11 is 0. The van der Waals surface area contributed by atoms with Gasteiger partial charge in [-0.15, -0.1) is 0 Å². The Hall–Kier alpha value is -1.84. The van der Waals surface area contributed by atoms with E-state index in [0.717, 1.165) is 23.9 Å². The minimum absolute atomic E-state index is 0.706. The Balaban J connectivity index is 2.04. The Morgan fingerprint density at radius 1 is 1.38 bits per heavy atom. The lowest BCUT2D eigenvalue weighted by atomic mass is 10.3. The van der Waals surface area contributed by atoms with E-state index in [1.54, 1.807) is 6.20 Å². The Kier molecular flexibility index (Phi) is 3.19. The number of rotatable bonds is 4. The van der Waals surface area contributed by atoms with Gasteiger partial charge in [-0.2, -0.15) is 0 Å². The molecule has 2 heterocycles. The molecule has 0 atom stereocenters. The Bertz CT molecular complexity index is 447. The molecule has 0 aliphatic rings. The second-order valence-electron chi connectivity index (χ2n) is 3.67. The molecule has 0 saturated carbocycles. The van der Waals surface area contributed by atoms with Gasteiger partial charge in [-0.3, -0.25) is 4.98 Å². The summed E-state index contributed by atoms with van der Waals surface area (Å²) in [4.78, 5) is 8.68. The predicted molar refractivity (Wildman–Crippen MR) is 64.2 cm³/mol. The quantitative estimate of drug-likeness (QED) is 0.852. The third-order valence-electron chi connectivity index (χ3n) is 2.39. The number of aryl methyl sites for hydroxylation is 2. The SMILES string of the molecule is CCn1cc(C)nc1NCc1ccccn1. The minimum Gasteiger partial charge on any atom is -0.350 e. The van der Waals surface area contributed by atoms with Gasteiger partial charge in [-0.1, -0.05) is 6.07 Å². The van der Waals surface area contributed by atoms with Crippen molar-refractivity contribution in [2.75, 3.05) is 5.32 Å². The Morgan fingerprint density at radius 3 is 2.94 bits per heavy atom. The molecule has 0 bridgehead atoms. The second-order valence-corrected chi connectivity index (χ2v) is 3.67. The van der Waals surface area contributed by atoms with Crippen LogP contribution in [0.25, 0.3) is 0 Å². The molecule has 84 valence electrons. The maximum atomic E-state index is 4.42. The first-order valence-corrected chi connectivity index (χ1v) is 5.47. The zero-order valence-electron chi connectivity index (χ0n) is 9.64. The van der Waals surface area contributed by atoms with Crippen molar-refractivity contribution in [3.05, 3.63) is 42.0 Å². The molecule has 0 unspecified atom stereocenters. The van der Waals surface area contributed by atoms with E-state index in [1.807, 2.05) is 31.3 Å². The van der Waals surface area contributed by atoms with Crippen molar-refractivity contribution in [2.24, 2.45) is 0 Å².